The molecule has 112 valence electrons. The Morgan fingerprint density at radius 2 is 2.13 bits per heavy atom. The van der Waals surface area contributed by atoms with Crippen molar-refractivity contribution in [2.45, 2.75) is 6.92 Å². The zero-order valence-corrected chi connectivity index (χ0v) is 13.2. The molecule has 2 aromatic heterocycles. The van der Waals surface area contributed by atoms with Gasteiger partial charge in [-0.2, -0.15) is 0 Å². The third-order valence-corrected chi connectivity index (χ3v) is 3.77. The Balaban J connectivity index is 1.77. The lowest BCUT2D eigenvalue weighted by Crippen LogP contribution is -2.11. The molecular weight excluding hydrogens is 306 g/mol. The SMILES string of the molecule is Cc1nc(C#Cc2cccc(C(=O)Nc3cccnc3)c2)cs1. The topological polar surface area (TPSA) is 54.9 Å². The number of carbonyl (C=O) groups is 1. The standard InChI is InChI=1S/C18H13N3OS/c1-13-20-17(12-23-13)8-7-14-4-2-5-15(10-14)18(22)21-16-6-3-9-19-11-16/h2-6,9-12H,1H3,(H,21,22). The van der Waals surface area contributed by atoms with Gasteiger partial charge in [-0.15, -0.1) is 11.3 Å². The fraction of sp³-hybridized carbons (Fsp3) is 0.0556. The maximum absolute atomic E-state index is 12.2. The number of nitrogens with zero attached hydrogens (tertiary/aromatic N) is 2. The van der Waals surface area contributed by atoms with E-state index in [9.17, 15) is 4.79 Å². The average molecular weight is 319 g/mol. The number of thiazole rings is 1. The number of carbonyl (C=O) groups excluding carboxylic acids is 1. The normalized spacial score (nSPS) is 9.78. The number of anilines is 1. The van der Waals surface area contributed by atoms with Crippen LogP contribution in [-0.4, -0.2) is 15.9 Å². The van der Waals surface area contributed by atoms with E-state index in [-0.39, 0.29) is 5.91 Å². The molecule has 3 aromatic rings. The van der Waals surface area contributed by atoms with Gasteiger partial charge in [0.2, 0.25) is 0 Å². The van der Waals surface area contributed by atoms with Gasteiger partial charge in [-0.25, -0.2) is 4.98 Å². The molecule has 0 aliphatic heterocycles. The van der Waals surface area contributed by atoms with Crippen molar-refractivity contribution < 1.29 is 4.79 Å². The molecule has 0 radical (unpaired) electrons. The highest BCUT2D eigenvalue weighted by atomic mass is 32.1. The fourth-order valence-corrected chi connectivity index (χ4v) is 2.48. The second-order valence-corrected chi connectivity index (χ2v) is 5.84. The lowest BCUT2D eigenvalue weighted by molar-refractivity contribution is 0.102. The molecule has 1 aromatic carbocycles. The maximum Gasteiger partial charge on any atom is 0.255 e. The van der Waals surface area contributed by atoms with E-state index in [0.29, 0.717) is 11.3 Å². The van der Waals surface area contributed by atoms with Gasteiger partial charge in [0.1, 0.15) is 5.69 Å². The van der Waals surface area contributed by atoms with E-state index in [1.54, 1.807) is 48.0 Å². The zero-order valence-electron chi connectivity index (χ0n) is 12.4. The largest absolute Gasteiger partial charge is 0.321 e. The van der Waals surface area contributed by atoms with Crippen LogP contribution < -0.4 is 5.32 Å². The minimum atomic E-state index is -0.189. The molecule has 3 rings (SSSR count). The molecule has 0 fully saturated rings. The second kappa shape index (κ2) is 6.86. The number of hydrogen-bond acceptors (Lipinski definition) is 4. The summed E-state index contributed by atoms with van der Waals surface area (Å²) in [5, 5.41) is 5.71. The Kier molecular flexibility index (Phi) is 4.46. The molecule has 0 atom stereocenters. The molecule has 0 spiro atoms. The Morgan fingerprint density at radius 3 is 2.87 bits per heavy atom. The van der Waals surface area contributed by atoms with Crippen molar-refractivity contribution in [2.24, 2.45) is 0 Å². The third kappa shape index (κ3) is 4.02. The second-order valence-electron chi connectivity index (χ2n) is 4.78. The number of hydrogen-bond donors (Lipinski definition) is 1. The molecular formula is C18H13N3OS. The van der Waals surface area contributed by atoms with Crippen molar-refractivity contribution in [3.8, 4) is 11.8 Å². The Morgan fingerprint density at radius 1 is 1.22 bits per heavy atom. The predicted octanol–water partition coefficient (Wildman–Crippen LogP) is 3.50. The molecule has 1 amide bonds. The molecule has 23 heavy (non-hydrogen) atoms. The van der Waals surface area contributed by atoms with Crippen LogP contribution in [0.1, 0.15) is 26.6 Å². The summed E-state index contributed by atoms with van der Waals surface area (Å²) in [6, 6.07) is 10.8. The van der Waals surface area contributed by atoms with Gasteiger partial charge in [-0.05, 0) is 43.2 Å². The summed E-state index contributed by atoms with van der Waals surface area (Å²) in [6.45, 7) is 1.94. The Labute approximate surface area is 138 Å². The van der Waals surface area contributed by atoms with Crippen LogP contribution in [0, 0.1) is 18.8 Å². The first-order chi connectivity index (χ1) is 11.2. The molecule has 1 N–H and O–H groups in total. The van der Waals surface area contributed by atoms with Crippen LogP contribution in [-0.2, 0) is 0 Å². The molecule has 0 saturated carbocycles. The van der Waals surface area contributed by atoms with Gasteiger partial charge < -0.3 is 5.32 Å². The predicted molar refractivity (Wildman–Crippen MR) is 91.5 cm³/mol. The summed E-state index contributed by atoms with van der Waals surface area (Å²) < 4.78 is 0. The monoisotopic (exact) mass is 319 g/mol. The van der Waals surface area contributed by atoms with Gasteiger partial charge in [0.15, 0.2) is 0 Å². The van der Waals surface area contributed by atoms with E-state index in [1.165, 1.54) is 0 Å². The fourth-order valence-electron chi connectivity index (χ4n) is 1.94. The third-order valence-electron chi connectivity index (χ3n) is 3.00. The van der Waals surface area contributed by atoms with Crippen molar-refractivity contribution in [3.63, 3.8) is 0 Å². The lowest BCUT2D eigenvalue weighted by Gasteiger charge is -2.04. The number of aromatic nitrogens is 2. The highest BCUT2D eigenvalue weighted by Crippen LogP contribution is 2.10. The average Bonchev–Trinajstić information content (AvgIpc) is 3.00. The molecule has 2 heterocycles. The molecule has 0 unspecified atom stereocenters. The van der Waals surface area contributed by atoms with Crippen LogP contribution in [0.3, 0.4) is 0 Å². The van der Waals surface area contributed by atoms with Crippen LogP contribution in [0.4, 0.5) is 5.69 Å². The van der Waals surface area contributed by atoms with Crippen molar-refractivity contribution in [3.05, 3.63) is 76.0 Å². The number of benzene rings is 1. The van der Waals surface area contributed by atoms with Gasteiger partial charge >= 0.3 is 0 Å². The van der Waals surface area contributed by atoms with Crippen molar-refractivity contribution in [1.82, 2.24) is 9.97 Å². The first-order valence-electron chi connectivity index (χ1n) is 6.96. The molecule has 0 bridgehead atoms. The van der Waals surface area contributed by atoms with E-state index in [2.05, 4.69) is 27.1 Å². The summed E-state index contributed by atoms with van der Waals surface area (Å²) in [4.78, 5) is 20.5. The summed E-state index contributed by atoms with van der Waals surface area (Å²) >= 11 is 1.57. The zero-order chi connectivity index (χ0) is 16.1. The van der Waals surface area contributed by atoms with Crippen molar-refractivity contribution >= 4 is 22.9 Å². The van der Waals surface area contributed by atoms with Gasteiger partial charge in [-0.1, -0.05) is 12.0 Å². The van der Waals surface area contributed by atoms with E-state index in [1.807, 2.05) is 24.4 Å². The molecule has 5 heteroatoms. The van der Waals surface area contributed by atoms with Crippen LogP contribution >= 0.6 is 11.3 Å². The first-order valence-corrected chi connectivity index (χ1v) is 7.84. The van der Waals surface area contributed by atoms with Crippen molar-refractivity contribution in [1.29, 1.82) is 0 Å². The van der Waals surface area contributed by atoms with Gasteiger partial charge in [0, 0.05) is 22.7 Å². The number of amides is 1. The van der Waals surface area contributed by atoms with Crippen LogP contribution in [0.2, 0.25) is 0 Å². The number of aryl methyl sites for hydroxylation is 1. The van der Waals surface area contributed by atoms with E-state index in [0.717, 1.165) is 16.3 Å². The van der Waals surface area contributed by atoms with Crippen molar-refractivity contribution in [2.75, 3.05) is 5.32 Å². The van der Waals surface area contributed by atoms with Crippen LogP contribution in [0.15, 0.2) is 54.2 Å². The molecule has 0 aliphatic carbocycles. The van der Waals surface area contributed by atoms with Gasteiger partial charge in [0.25, 0.3) is 5.91 Å². The van der Waals surface area contributed by atoms with E-state index < -0.39 is 0 Å². The molecule has 4 nitrogen and oxygen atoms in total. The first kappa shape index (κ1) is 14.9. The summed E-state index contributed by atoms with van der Waals surface area (Å²) in [5.74, 6) is 5.85. The number of nitrogens with one attached hydrogen (secondary N) is 1. The Hall–Kier alpha value is -2.97. The lowest BCUT2D eigenvalue weighted by atomic mass is 10.1. The minimum absolute atomic E-state index is 0.189. The van der Waals surface area contributed by atoms with Gasteiger partial charge in [-0.3, -0.25) is 9.78 Å². The van der Waals surface area contributed by atoms with Crippen LogP contribution in [0.5, 0.6) is 0 Å². The van der Waals surface area contributed by atoms with Gasteiger partial charge in [0.05, 0.1) is 16.9 Å². The minimum Gasteiger partial charge on any atom is -0.321 e. The highest BCUT2D eigenvalue weighted by molar-refractivity contribution is 7.09. The molecule has 0 saturated heterocycles. The highest BCUT2D eigenvalue weighted by Gasteiger charge is 2.06. The molecule has 0 aliphatic rings. The summed E-state index contributed by atoms with van der Waals surface area (Å²) in [5.41, 5.74) is 2.73. The Bertz CT molecular complexity index is 891. The van der Waals surface area contributed by atoms with E-state index >= 15 is 0 Å². The quantitative estimate of drug-likeness (QED) is 0.736. The van der Waals surface area contributed by atoms with E-state index in [4.69, 9.17) is 0 Å². The maximum atomic E-state index is 12.2. The summed E-state index contributed by atoms with van der Waals surface area (Å²) in [7, 11) is 0. The van der Waals surface area contributed by atoms with Crippen LogP contribution in [0.25, 0.3) is 0 Å². The summed E-state index contributed by atoms with van der Waals surface area (Å²) in [6.07, 6.45) is 3.26. The number of rotatable bonds is 2. The smallest absolute Gasteiger partial charge is 0.255 e. The number of pyridine rings is 1.